The van der Waals surface area contributed by atoms with E-state index in [9.17, 15) is 9.59 Å². The molecule has 2 aromatic carbocycles. The van der Waals surface area contributed by atoms with Crippen LogP contribution in [0.25, 0.3) is 6.08 Å². The van der Waals surface area contributed by atoms with Crippen LogP contribution < -0.4 is 5.32 Å². The first kappa shape index (κ1) is 23.2. The van der Waals surface area contributed by atoms with Crippen LogP contribution in [0.15, 0.2) is 66.7 Å². The number of hydrogen-bond donors (Lipinski definition) is 1. The minimum Gasteiger partial charge on any atom is -0.464 e. The predicted octanol–water partition coefficient (Wildman–Crippen LogP) is 5.16. The zero-order valence-corrected chi connectivity index (χ0v) is 18.2. The number of amides is 1. The van der Waals surface area contributed by atoms with Gasteiger partial charge in [0.25, 0.3) is 0 Å². The van der Waals surface area contributed by atoms with E-state index in [1.165, 1.54) is 0 Å². The molecule has 160 valence electrons. The second-order valence-corrected chi connectivity index (χ2v) is 8.11. The van der Waals surface area contributed by atoms with Gasteiger partial charge in [0.15, 0.2) is 0 Å². The summed E-state index contributed by atoms with van der Waals surface area (Å²) in [5.41, 5.74) is -0.0517. The Morgan fingerprint density at radius 2 is 1.57 bits per heavy atom. The molecule has 0 fully saturated rings. The second-order valence-electron chi connectivity index (χ2n) is 8.11. The smallest absolute Gasteiger partial charge is 0.408 e. The molecule has 0 heterocycles. The first-order chi connectivity index (χ1) is 14.2. The third-order valence-corrected chi connectivity index (χ3v) is 4.33. The van der Waals surface area contributed by atoms with Crippen LogP contribution in [-0.2, 0) is 20.7 Å². The number of esters is 1. The molecule has 30 heavy (non-hydrogen) atoms. The number of hydrogen-bond acceptors (Lipinski definition) is 4. The summed E-state index contributed by atoms with van der Waals surface area (Å²) in [5.74, 6) is -0.488. The molecule has 2 aromatic rings. The highest BCUT2D eigenvalue weighted by molar-refractivity contribution is 5.86. The normalized spacial score (nSPS) is 13.5. The lowest BCUT2D eigenvalue weighted by molar-refractivity contribution is -0.151. The lowest BCUT2D eigenvalue weighted by atomic mass is 9.87. The molecule has 0 aliphatic carbocycles. The molecule has 0 aromatic heterocycles. The molecule has 0 saturated carbocycles. The van der Waals surface area contributed by atoms with Crippen LogP contribution in [0.5, 0.6) is 0 Å². The molecule has 0 aliphatic heterocycles. The van der Waals surface area contributed by atoms with E-state index >= 15 is 0 Å². The highest BCUT2D eigenvalue weighted by atomic mass is 16.6. The molecule has 0 saturated heterocycles. The van der Waals surface area contributed by atoms with Gasteiger partial charge in [-0.2, -0.15) is 0 Å². The Labute approximate surface area is 179 Å². The Kier molecular flexibility index (Phi) is 8.22. The van der Waals surface area contributed by atoms with Crippen LogP contribution >= 0.6 is 0 Å². The summed E-state index contributed by atoms with van der Waals surface area (Å²) < 4.78 is 10.8. The van der Waals surface area contributed by atoms with Crippen LogP contribution in [-0.4, -0.2) is 29.8 Å². The molecule has 1 N–H and O–H groups in total. The highest BCUT2D eigenvalue weighted by Gasteiger charge is 2.41. The largest absolute Gasteiger partial charge is 0.464 e. The van der Waals surface area contributed by atoms with Crippen LogP contribution in [0.4, 0.5) is 4.79 Å². The van der Waals surface area contributed by atoms with Crippen molar-refractivity contribution in [3.63, 3.8) is 0 Å². The van der Waals surface area contributed by atoms with Gasteiger partial charge < -0.3 is 14.8 Å². The summed E-state index contributed by atoms with van der Waals surface area (Å²) in [5, 5.41) is 2.82. The van der Waals surface area contributed by atoms with Crippen molar-refractivity contribution in [1.29, 1.82) is 0 Å². The summed E-state index contributed by atoms with van der Waals surface area (Å²) in [7, 11) is 0. The van der Waals surface area contributed by atoms with Crippen molar-refractivity contribution in [2.24, 2.45) is 0 Å². The molecular weight excluding hydrogens is 378 g/mol. The summed E-state index contributed by atoms with van der Waals surface area (Å²) in [4.78, 5) is 25.7. The third-order valence-electron chi connectivity index (χ3n) is 4.33. The van der Waals surface area contributed by atoms with Gasteiger partial charge in [-0.1, -0.05) is 72.8 Å². The van der Waals surface area contributed by atoms with Gasteiger partial charge >= 0.3 is 12.1 Å². The fourth-order valence-electron chi connectivity index (χ4n) is 3.05. The van der Waals surface area contributed by atoms with Crippen molar-refractivity contribution >= 4 is 18.1 Å². The summed E-state index contributed by atoms with van der Waals surface area (Å²) in [6, 6.07) is 19.3. The average Bonchev–Trinajstić information content (AvgIpc) is 2.68. The topological polar surface area (TPSA) is 64.6 Å². The quantitative estimate of drug-likeness (QED) is 0.612. The van der Waals surface area contributed by atoms with Crippen LogP contribution in [0.1, 0.15) is 45.2 Å². The Balaban J connectivity index is 2.37. The predicted molar refractivity (Wildman–Crippen MR) is 119 cm³/mol. The van der Waals surface area contributed by atoms with E-state index in [0.29, 0.717) is 0 Å². The lowest BCUT2D eigenvalue weighted by Gasteiger charge is -2.33. The van der Waals surface area contributed by atoms with Crippen molar-refractivity contribution in [2.75, 3.05) is 6.61 Å². The number of ether oxygens (including phenoxy) is 2. The van der Waals surface area contributed by atoms with Gasteiger partial charge in [-0.05, 0) is 45.2 Å². The third kappa shape index (κ3) is 7.39. The molecule has 5 heteroatoms. The van der Waals surface area contributed by atoms with Crippen molar-refractivity contribution in [1.82, 2.24) is 5.32 Å². The number of carbonyl (C=O) groups is 2. The van der Waals surface area contributed by atoms with Crippen LogP contribution in [0.2, 0.25) is 0 Å². The van der Waals surface area contributed by atoms with E-state index in [0.717, 1.165) is 11.1 Å². The van der Waals surface area contributed by atoms with Gasteiger partial charge in [-0.3, -0.25) is 0 Å². The van der Waals surface area contributed by atoms with Crippen molar-refractivity contribution in [3.8, 4) is 0 Å². The monoisotopic (exact) mass is 409 g/mol. The molecular formula is C25H31NO4. The maximum atomic E-state index is 13.1. The number of carbonyl (C=O) groups excluding carboxylic acids is 2. The van der Waals surface area contributed by atoms with Gasteiger partial charge in [-0.15, -0.1) is 0 Å². The van der Waals surface area contributed by atoms with E-state index in [2.05, 4.69) is 5.32 Å². The van der Waals surface area contributed by atoms with Gasteiger partial charge in [0, 0.05) is 6.42 Å². The number of alkyl carbamates (subject to hydrolysis) is 1. The SMILES string of the molecule is CCOC(=O)C(C/C=C/c1ccccc1)(Cc1ccccc1)NC(=O)OC(C)(C)C. The van der Waals surface area contributed by atoms with Crippen molar-refractivity contribution in [2.45, 2.75) is 51.7 Å². The average molecular weight is 410 g/mol. The van der Waals surface area contributed by atoms with E-state index in [-0.39, 0.29) is 19.4 Å². The molecule has 1 unspecified atom stereocenters. The maximum Gasteiger partial charge on any atom is 0.408 e. The Morgan fingerprint density at radius 1 is 0.967 bits per heavy atom. The fraction of sp³-hybridized carbons (Fsp3) is 0.360. The molecule has 0 radical (unpaired) electrons. The Hall–Kier alpha value is -3.08. The van der Waals surface area contributed by atoms with Crippen LogP contribution in [0, 0.1) is 0 Å². The van der Waals surface area contributed by atoms with E-state index in [4.69, 9.17) is 9.47 Å². The number of rotatable bonds is 8. The Bertz CT molecular complexity index is 840. The summed E-state index contributed by atoms with van der Waals surface area (Å²) in [6.07, 6.45) is 3.70. The van der Waals surface area contributed by atoms with Gasteiger partial charge in [0.05, 0.1) is 6.61 Å². The molecule has 0 spiro atoms. The molecule has 1 amide bonds. The molecule has 5 nitrogen and oxygen atoms in total. The van der Waals surface area contributed by atoms with Gasteiger partial charge in [0.2, 0.25) is 0 Å². The molecule has 2 rings (SSSR count). The summed E-state index contributed by atoms with van der Waals surface area (Å²) >= 11 is 0. The first-order valence-electron chi connectivity index (χ1n) is 10.2. The van der Waals surface area contributed by atoms with Crippen molar-refractivity contribution < 1.29 is 19.1 Å². The lowest BCUT2D eigenvalue weighted by Crippen LogP contribution is -2.57. The highest BCUT2D eigenvalue weighted by Crippen LogP contribution is 2.23. The van der Waals surface area contributed by atoms with E-state index < -0.39 is 23.2 Å². The van der Waals surface area contributed by atoms with E-state index in [1.54, 1.807) is 27.7 Å². The number of nitrogens with one attached hydrogen (secondary N) is 1. The zero-order valence-electron chi connectivity index (χ0n) is 18.2. The minimum absolute atomic E-state index is 0.216. The zero-order chi connectivity index (χ0) is 22.0. The number of benzene rings is 2. The van der Waals surface area contributed by atoms with E-state index in [1.807, 2.05) is 72.8 Å². The van der Waals surface area contributed by atoms with Gasteiger partial charge in [0.1, 0.15) is 11.1 Å². The Morgan fingerprint density at radius 3 is 2.13 bits per heavy atom. The maximum absolute atomic E-state index is 13.1. The summed E-state index contributed by atoms with van der Waals surface area (Å²) in [6.45, 7) is 7.31. The molecule has 0 bridgehead atoms. The minimum atomic E-state index is -1.29. The molecule has 1 atom stereocenters. The standard InChI is InChI=1S/C25H31NO4/c1-5-29-22(27)25(19-21-15-10-7-11-16-21,26-23(28)30-24(2,3)4)18-12-17-20-13-8-6-9-14-20/h6-17H,5,18-19H2,1-4H3,(H,26,28)/b17-12+. The van der Waals surface area contributed by atoms with Gasteiger partial charge in [-0.25, -0.2) is 9.59 Å². The second kappa shape index (κ2) is 10.6. The van der Waals surface area contributed by atoms with Crippen molar-refractivity contribution in [3.05, 3.63) is 77.9 Å². The first-order valence-corrected chi connectivity index (χ1v) is 10.2. The van der Waals surface area contributed by atoms with Crippen LogP contribution in [0.3, 0.4) is 0 Å². The molecule has 0 aliphatic rings. The fourth-order valence-corrected chi connectivity index (χ4v) is 3.05.